The summed E-state index contributed by atoms with van der Waals surface area (Å²) in [7, 11) is 1.65. The summed E-state index contributed by atoms with van der Waals surface area (Å²) in [6.45, 7) is 6.32. The molecule has 19 heavy (non-hydrogen) atoms. The first kappa shape index (κ1) is 16.3. The summed E-state index contributed by atoms with van der Waals surface area (Å²) in [5.41, 5.74) is 1.16. The normalized spacial score (nSPS) is 10.8. The summed E-state index contributed by atoms with van der Waals surface area (Å²) in [5.74, 6) is 2.20. The van der Waals surface area contributed by atoms with Gasteiger partial charge in [-0.1, -0.05) is 35.8 Å². The average molecular weight is 331 g/mol. The molecule has 0 saturated heterocycles. The number of halogens is 1. The second kappa shape index (κ2) is 9.21. The van der Waals surface area contributed by atoms with E-state index in [2.05, 4.69) is 29.8 Å². The molecule has 4 heteroatoms. The van der Waals surface area contributed by atoms with Crippen LogP contribution in [0.5, 0.6) is 11.5 Å². The Morgan fingerprint density at radius 2 is 1.89 bits per heavy atom. The van der Waals surface area contributed by atoms with Gasteiger partial charge in [0.25, 0.3) is 0 Å². The van der Waals surface area contributed by atoms with E-state index >= 15 is 0 Å². The van der Waals surface area contributed by atoms with Gasteiger partial charge in [0.2, 0.25) is 0 Å². The van der Waals surface area contributed by atoms with Crippen molar-refractivity contribution in [2.24, 2.45) is 5.92 Å². The van der Waals surface area contributed by atoms with E-state index in [1.165, 1.54) is 0 Å². The van der Waals surface area contributed by atoms with E-state index in [0.29, 0.717) is 19.1 Å². The molecule has 0 aliphatic heterocycles. The van der Waals surface area contributed by atoms with Crippen molar-refractivity contribution >= 4 is 15.9 Å². The molecule has 0 fully saturated rings. The van der Waals surface area contributed by atoms with E-state index in [4.69, 9.17) is 14.2 Å². The van der Waals surface area contributed by atoms with Crippen LogP contribution in [0.1, 0.15) is 25.8 Å². The summed E-state index contributed by atoms with van der Waals surface area (Å²) in [5, 5.41) is 0.804. The Morgan fingerprint density at radius 3 is 2.53 bits per heavy atom. The van der Waals surface area contributed by atoms with Crippen molar-refractivity contribution in [3.63, 3.8) is 0 Å². The van der Waals surface area contributed by atoms with Gasteiger partial charge in [-0.25, -0.2) is 0 Å². The smallest absolute Gasteiger partial charge is 0.161 e. The molecule has 0 N–H and O–H groups in total. The van der Waals surface area contributed by atoms with Crippen molar-refractivity contribution in [2.45, 2.75) is 25.6 Å². The average Bonchev–Trinajstić information content (AvgIpc) is 2.42. The van der Waals surface area contributed by atoms with Crippen molar-refractivity contribution < 1.29 is 14.2 Å². The maximum absolute atomic E-state index is 5.71. The van der Waals surface area contributed by atoms with Crippen LogP contribution in [-0.4, -0.2) is 26.9 Å². The third kappa shape index (κ3) is 6.30. The minimum absolute atomic E-state index is 0.542. The van der Waals surface area contributed by atoms with Gasteiger partial charge in [0.05, 0.1) is 13.7 Å². The third-order valence-corrected chi connectivity index (χ3v) is 3.35. The van der Waals surface area contributed by atoms with E-state index in [1.54, 1.807) is 7.11 Å². The summed E-state index contributed by atoms with van der Waals surface area (Å²) in [6, 6.07) is 5.92. The van der Waals surface area contributed by atoms with Gasteiger partial charge >= 0.3 is 0 Å². The first-order chi connectivity index (χ1) is 9.17. The molecule has 1 aromatic carbocycles. The highest BCUT2D eigenvalue weighted by atomic mass is 79.9. The predicted molar refractivity (Wildman–Crippen MR) is 81.4 cm³/mol. The topological polar surface area (TPSA) is 27.7 Å². The second-order valence-corrected chi connectivity index (χ2v) is 5.32. The predicted octanol–water partition coefficient (Wildman–Crippen LogP) is 4.03. The highest BCUT2D eigenvalue weighted by Crippen LogP contribution is 2.28. The first-order valence-corrected chi connectivity index (χ1v) is 7.73. The number of hydrogen-bond acceptors (Lipinski definition) is 3. The molecule has 0 saturated carbocycles. The van der Waals surface area contributed by atoms with Crippen LogP contribution >= 0.6 is 15.9 Å². The fourth-order valence-electron chi connectivity index (χ4n) is 1.55. The van der Waals surface area contributed by atoms with Crippen molar-refractivity contribution in [1.29, 1.82) is 0 Å². The minimum atomic E-state index is 0.542. The summed E-state index contributed by atoms with van der Waals surface area (Å²) in [6.07, 6.45) is 1.09. The molecule has 0 aliphatic carbocycles. The Morgan fingerprint density at radius 1 is 1.11 bits per heavy atom. The molecule has 108 valence electrons. The maximum Gasteiger partial charge on any atom is 0.161 e. The lowest BCUT2D eigenvalue weighted by Gasteiger charge is -2.12. The van der Waals surface area contributed by atoms with Gasteiger partial charge in [0.1, 0.15) is 6.61 Å². The van der Waals surface area contributed by atoms with Crippen LogP contribution in [-0.2, 0) is 10.1 Å². The van der Waals surface area contributed by atoms with Crippen molar-refractivity contribution in [3.8, 4) is 11.5 Å². The molecule has 0 aromatic heterocycles. The van der Waals surface area contributed by atoms with Gasteiger partial charge < -0.3 is 14.2 Å². The Bertz CT molecular complexity index is 366. The lowest BCUT2D eigenvalue weighted by molar-refractivity contribution is 0.0916. The van der Waals surface area contributed by atoms with Crippen LogP contribution < -0.4 is 9.47 Å². The van der Waals surface area contributed by atoms with Gasteiger partial charge in [-0.05, 0) is 30.0 Å². The molecule has 1 aromatic rings. The number of alkyl halides is 1. The molecule has 0 heterocycles. The Kier molecular flexibility index (Phi) is 7.91. The molecular weight excluding hydrogens is 308 g/mol. The molecule has 0 amide bonds. The van der Waals surface area contributed by atoms with Crippen LogP contribution in [0.3, 0.4) is 0 Å². The van der Waals surface area contributed by atoms with Crippen LogP contribution in [0.4, 0.5) is 0 Å². The van der Waals surface area contributed by atoms with Gasteiger partial charge in [0.15, 0.2) is 11.5 Å². The number of ether oxygens (including phenoxy) is 3. The molecule has 0 atom stereocenters. The van der Waals surface area contributed by atoms with E-state index in [1.807, 2.05) is 18.2 Å². The summed E-state index contributed by atoms with van der Waals surface area (Å²) >= 11 is 3.43. The van der Waals surface area contributed by atoms with Gasteiger partial charge in [-0.15, -0.1) is 0 Å². The highest BCUT2D eigenvalue weighted by Gasteiger charge is 2.05. The van der Waals surface area contributed by atoms with Gasteiger partial charge in [-0.3, -0.25) is 0 Å². The van der Waals surface area contributed by atoms with E-state index in [9.17, 15) is 0 Å². The molecule has 0 unspecified atom stereocenters. The fourth-order valence-corrected chi connectivity index (χ4v) is 1.90. The second-order valence-electron chi connectivity index (χ2n) is 4.76. The molecule has 0 bridgehead atoms. The fraction of sp³-hybridized carbons (Fsp3) is 0.600. The van der Waals surface area contributed by atoms with E-state index in [-0.39, 0.29) is 0 Å². The summed E-state index contributed by atoms with van der Waals surface area (Å²) in [4.78, 5) is 0. The van der Waals surface area contributed by atoms with Crippen LogP contribution in [0.2, 0.25) is 0 Å². The highest BCUT2D eigenvalue weighted by molar-refractivity contribution is 9.08. The zero-order valence-electron chi connectivity index (χ0n) is 11.9. The first-order valence-electron chi connectivity index (χ1n) is 6.60. The monoisotopic (exact) mass is 330 g/mol. The molecular formula is C15H23BrO3. The van der Waals surface area contributed by atoms with E-state index < -0.39 is 0 Å². The zero-order valence-corrected chi connectivity index (χ0v) is 13.5. The number of hydrogen-bond donors (Lipinski definition) is 0. The Labute approximate surface area is 124 Å². The van der Waals surface area contributed by atoms with Crippen molar-refractivity contribution in [2.75, 3.05) is 26.9 Å². The molecule has 3 nitrogen and oxygen atoms in total. The molecule has 0 aliphatic rings. The molecule has 0 spiro atoms. The number of benzene rings is 1. The largest absolute Gasteiger partial charge is 0.493 e. The van der Waals surface area contributed by atoms with E-state index in [0.717, 1.165) is 35.4 Å². The molecule has 0 radical (unpaired) electrons. The van der Waals surface area contributed by atoms with Gasteiger partial charge in [-0.2, -0.15) is 0 Å². The minimum Gasteiger partial charge on any atom is -0.493 e. The quantitative estimate of drug-likeness (QED) is 0.505. The van der Waals surface area contributed by atoms with Crippen molar-refractivity contribution in [1.82, 2.24) is 0 Å². The lowest BCUT2D eigenvalue weighted by Crippen LogP contribution is -2.09. The maximum atomic E-state index is 5.71. The molecule has 1 rings (SSSR count). The zero-order chi connectivity index (χ0) is 14.1. The Hall–Kier alpha value is -0.740. The van der Waals surface area contributed by atoms with Crippen molar-refractivity contribution in [3.05, 3.63) is 23.8 Å². The number of rotatable bonds is 9. The Balaban J connectivity index is 2.35. The lowest BCUT2D eigenvalue weighted by atomic mass is 10.1. The third-order valence-electron chi connectivity index (χ3n) is 2.71. The van der Waals surface area contributed by atoms with Crippen LogP contribution in [0.15, 0.2) is 18.2 Å². The number of methoxy groups -OCH3 is 1. The van der Waals surface area contributed by atoms with Crippen LogP contribution in [0, 0.1) is 5.92 Å². The van der Waals surface area contributed by atoms with Crippen LogP contribution in [0.25, 0.3) is 0 Å². The summed E-state index contributed by atoms with van der Waals surface area (Å²) < 4.78 is 16.5. The van der Waals surface area contributed by atoms with Gasteiger partial charge in [0, 0.05) is 11.9 Å². The standard InChI is InChI=1S/C15H23BrO3/c1-12(2)6-7-18-8-9-19-15-10-13(11-16)4-5-14(15)17-3/h4-5,10,12H,6-9,11H2,1-3H3. The SMILES string of the molecule is COc1ccc(CBr)cc1OCCOCCC(C)C.